The lowest BCUT2D eigenvalue weighted by atomic mass is 9.97. The summed E-state index contributed by atoms with van der Waals surface area (Å²) in [6, 6.07) is 16.4. The molecule has 0 amide bonds. The van der Waals surface area contributed by atoms with Crippen molar-refractivity contribution in [1.82, 2.24) is 0 Å². The van der Waals surface area contributed by atoms with E-state index < -0.39 is 0 Å². The molecule has 0 aliphatic heterocycles. The molecule has 1 nitrogen and oxygen atoms in total. The van der Waals surface area contributed by atoms with Crippen LogP contribution in [0.25, 0.3) is 21.5 Å². The maximum Gasteiger partial charge on any atom is 0.150 e. The van der Waals surface area contributed by atoms with Crippen LogP contribution < -0.4 is 0 Å². The SMILES string of the molecule is Cc1ccc2c(c1)cc(C=O)c1ccccc12. The van der Waals surface area contributed by atoms with Crippen LogP contribution >= 0.6 is 0 Å². The van der Waals surface area contributed by atoms with Gasteiger partial charge < -0.3 is 0 Å². The van der Waals surface area contributed by atoms with Crippen molar-refractivity contribution in [3.8, 4) is 0 Å². The van der Waals surface area contributed by atoms with Crippen molar-refractivity contribution in [3.63, 3.8) is 0 Å². The number of aldehydes is 1. The molecule has 0 radical (unpaired) electrons. The molecule has 0 saturated heterocycles. The van der Waals surface area contributed by atoms with Gasteiger partial charge in [0.1, 0.15) is 0 Å². The van der Waals surface area contributed by atoms with Crippen LogP contribution in [0.15, 0.2) is 48.5 Å². The molecular formula is C16H12O. The fraction of sp³-hybridized carbons (Fsp3) is 0.0625. The molecule has 1 heteroatoms. The van der Waals surface area contributed by atoms with Crippen LogP contribution in [0.2, 0.25) is 0 Å². The van der Waals surface area contributed by atoms with Gasteiger partial charge in [-0.1, -0.05) is 48.0 Å². The first-order chi connectivity index (χ1) is 8.29. The van der Waals surface area contributed by atoms with Gasteiger partial charge in [-0.2, -0.15) is 0 Å². The Labute approximate surface area is 99.7 Å². The van der Waals surface area contributed by atoms with Crippen molar-refractivity contribution in [2.75, 3.05) is 0 Å². The predicted molar refractivity (Wildman–Crippen MR) is 71.6 cm³/mol. The van der Waals surface area contributed by atoms with E-state index in [1.165, 1.54) is 10.9 Å². The van der Waals surface area contributed by atoms with E-state index in [-0.39, 0.29) is 0 Å². The molecule has 0 N–H and O–H groups in total. The molecule has 3 aromatic rings. The zero-order chi connectivity index (χ0) is 11.8. The Balaban J connectivity index is 2.58. The summed E-state index contributed by atoms with van der Waals surface area (Å²) in [5.74, 6) is 0. The average Bonchev–Trinajstić information content (AvgIpc) is 2.37. The third kappa shape index (κ3) is 1.51. The topological polar surface area (TPSA) is 17.1 Å². The fourth-order valence-electron chi connectivity index (χ4n) is 2.36. The lowest BCUT2D eigenvalue weighted by molar-refractivity contribution is 0.112. The van der Waals surface area contributed by atoms with Crippen LogP contribution in [0, 0.1) is 6.92 Å². The molecule has 0 spiro atoms. The first kappa shape index (κ1) is 10.0. The second-order valence-corrected chi connectivity index (χ2v) is 4.35. The average molecular weight is 220 g/mol. The summed E-state index contributed by atoms with van der Waals surface area (Å²) in [5.41, 5.74) is 1.98. The largest absolute Gasteiger partial charge is 0.298 e. The van der Waals surface area contributed by atoms with E-state index in [1.54, 1.807) is 0 Å². The Kier molecular flexibility index (Phi) is 2.19. The number of benzene rings is 3. The van der Waals surface area contributed by atoms with Crippen LogP contribution in [-0.2, 0) is 0 Å². The lowest BCUT2D eigenvalue weighted by Gasteiger charge is -2.07. The molecule has 17 heavy (non-hydrogen) atoms. The fourth-order valence-corrected chi connectivity index (χ4v) is 2.36. The number of carbonyl (C=O) groups is 1. The smallest absolute Gasteiger partial charge is 0.150 e. The second kappa shape index (κ2) is 3.70. The van der Waals surface area contributed by atoms with Gasteiger partial charge in [0.15, 0.2) is 6.29 Å². The van der Waals surface area contributed by atoms with Crippen molar-refractivity contribution < 1.29 is 4.79 Å². The minimum Gasteiger partial charge on any atom is -0.298 e. The highest BCUT2D eigenvalue weighted by Gasteiger charge is 2.05. The van der Waals surface area contributed by atoms with Gasteiger partial charge in [-0.05, 0) is 34.5 Å². The summed E-state index contributed by atoms with van der Waals surface area (Å²) in [7, 11) is 0. The summed E-state index contributed by atoms with van der Waals surface area (Å²) in [6.45, 7) is 2.06. The van der Waals surface area contributed by atoms with Gasteiger partial charge in [0.25, 0.3) is 0 Å². The third-order valence-corrected chi connectivity index (χ3v) is 3.17. The van der Waals surface area contributed by atoms with Crippen LogP contribution in [0.4, 0.5) is 0 Å². The van der Waals surface area contributed by atoms with Gasteiger partial charge in [0.05, 0.1) is 0 Å². The first-order valence-corrected chi connectivity index (χ1v) is 5.67. The van der Waals surface area contributed by atoms with Crippen LogP contribution in [0.5, 0.6) is 0 Å². The minimum atomic E-state index is 0.763. The van der Waals surface area contributed by atoms with Gasteiger partial charge in [-0.25, -0.2) is 0 Å². The number of rotatable bonds is 1. The number of fused-ring (bicyclic) bond motifs is 3. The van der Waals surface area contributed by atoms with E-state index in [9.17, 15) is 4.79 Å². The van der Waals surface area contributed by atoms with Crippen molar-refractivity contribution in [1.29, 1.82) is 0 Å². The Morgan fingerprint density at radius 1 is 0.882 bits per heavy atom. The standard InChI is InChI=1S/C16H12O/c1-11-6-7-15-12(8-11)9-13(10-17)14-4-2-3-5-16(14)15/h2-10H,1H3. The summed E-state index contributed by atoms with van der Waals surface area (Å²) in [4.78, 5) is 11.1. The van der Waals surface area contributed by atoms with Crippen molar-refractivity contribution in [3.05, 3.63) is 59.7 Å². The maximum atomic E-state index is 11.1. The van der Waals surface area contributed by atoms with E-state index in [2.05, 4.69) is 31.2 Å². The highest BCUT2D eigenvalue weighted by atomic mass is 16.1. The third-order valence-electron chi connectivity index (χ3n) is 3.17. The molecular weight excluding hydrogens is 208 g/mol. The van der Waals surface area contributed by atoms with E-state index in [0.717, 1.165) is 28.0 Å². The quantitative estimate of drug-likeness (QED) is 0.445. The minimum absolute atomic E-state index is 0.763. The molecule has 0 atom stereocenters. The lowest BCUT2D eigenvalue weighted by Crippen LogP contribution is -1.86. The van der Waals surface area contributed by atoms with Crippen molar-refractivity contribution in [2.45, 2.75) is 6.92 Å². The van der Waals surface area contributed by atoms with E-state index in [1.807, 2.05) is 24.3 Å². The van der Waals surface area contributed by atoms with E-state index in [4.69, 9.17) is 0 Å². The van der Waals surface area contributed by atoms with Gasteiger partial charge >= 0.3 is 0 Å². The van der Waals surface area contributed by atoms with Gasteiger partial charge in [-0.3, -0.25) is 4.79 Å². The monoisotopic (exact) mass is 220 g/mol. The predicted octanol–water partition coefficient (Wildman–Crippen LogP) is 4.11. The Morgan fingerprint density at radius 2 is 1.65 bits per heavy atom. The summed E-state index contributed by atoms with van der Waals surface area (Å²) in [6.07, 6.45) is 0.935. The molecule has 0 aromatic heterocycles. The maximum absolute atomic E-state index is 11.1. The van der Waals surface area contributed by atoms with E-state index >= 15 is 0 Å². The van der Waals surface area contributed by atoms with Crippen molar-refractivity contribution >= 4 is 27.8 Å². The zero-order valence-corrected chi connectivity index (χ0v) is 9.60. The molecule has 0 heterocycles. The van der Waals surface area contributed by atoms with Crippen LogP contribution in [0.3, 0.4) is 0 Å². The van der Waals surface area contributed by atoms with Gasteiger partial charge in [0, 0.05) is 5.56 Å². The van der Waals surface area contributed by atoms with Crippen molar-refractivity contribution in [2.24, 2.45) is 0 Å². The molecule has 0 aliphatic carbocycles. The highest BCUT2D eigenvalue weighted by Crippen LogP contribution is 2.28. The summed E-state index contributed by atoms with van der Waals surface area (Å²) < 4.78 is 0. The Hall–Kier alpha value is -2.15. The summed E-state index contributed by atoms with van der Waals surface area (Å²) in [5, 5.41) is 4.51. The van der Waals surface area contributed by atoms with E-state index in [0.29, 0.717) is 0 Å². The number of carbonyl (C=O) groups excluding carboxylic acids is 1. The molecule has 0 fully saturated rings. The molecule has 82 valence electrons. The van der Waals surface area contributed by atoms with Crippen LogP contribution in [-0.4, -0.2) is 6.29 Å². The zero-order valence-electron chi connectivity index (χ0n) is 9.60. The number of aryl methyl sites for hydroxylation is 1. The second-order valence-electron chi connectivity index (χ2n) is 4.35. The molecule has 3 aromatic carbocycles. The molecule has 3 rings (SSSR count). The Bertz CT molecular complexity index is 726. The summed E-state index contributed by atoms with van der Waals surface area (Å²) >= 11 is 0. The van der Waals surface area contributed by atoms with Crippen LogP contribution in [0.1, 0.15) is 15.9 Å². The molecule has 0 bridgehead atoms. The van der Waals surface area contributed by atoms with Gasteiger partial charge in [-0.15, -0.1) is 0 Å². The van der Waals surface area contributed by atoms with Gasteiger partial charge in [0.2, 0.25) is 0 Å². The molecule has 0 unspecified atom stereocenters. The molecule has 0 aliphatic rings. The normalized spacial score (nSPS) is 10.9. The highest BCUT2D eigenvalue weighted by molar-refractivity contribution is 6.13. The number of hydrogen-bond acceptors (Lipinski definition) is 1. The Morgan fingerprint density at radius 3 is 2.41 bits per heavy atom. The number of hydrogen-bond donors (Lipinski definition) is 0. The first-order valence-electron chi connectivity index (χ1n) is 5.67. The molecule has 0 saturated carbocycles.